The van der Waals surface area contributed by atoms with Gasteiger partial charge < -0.3 is 5.11 Å². The summed E-state index contributed by atoms with van der Waals surface area (Å²) in [6, 6.07) is 2.44. The van der Waals surface area contributed by atoms with Gasteiger partial charge >= 0.3 is 6.18 Å². The fourth-order valence-corrected chi connectivity index (χ4v) is 3.00. The molecule has 0 aliphatic heterocycles. The molecule has 0 amide bonds. The van der Waals surface area contributed by atoms with Gasteiger partial charge in [0, 0.05) is 23.6 Å². The molecule has 0 heterocycles. The van der Waals surface area contributed by atoms with E-state index in [-0.39, 0.29) is 18.2 Å². The number of aliphatic hydroxyl groups is 1. The first-order valence-corrected chi connectivity index (χ1v) is 7.72. The highest BCUT2D eigenvalue weighted by atomic mass is 35.5. The van der Waals surface area contributed by atoms with Crippen molar-refractivity contribution in [2.45, 2.75) is 24.9 Å². The van der Waals surface area contributed by atoms with Gasteiger partial charge in [0.05, 0.1) is 10.5 Å². The lowest BCUT2D eigenvalue weighted by Crippen LogP contribution is -2.36. The van der Waals surface area contributed by atoms with Crippen LogP contribution in [0.5, 0.6) is 0 Å². The Morgan fingerprint density at radius 1 is 1.29 bits per heavy atom. The fourth-order valence-electron chi connectivity index (χ4n) is 1.38. The molecule has 0 radical (unpaired) electrons. The topological polar surface area (TPSA) is 66.4 Å². The molecule has 0 spiro atoms. The van der Waals surface area contributed by atoms with E-state index in [4.69, 9.17) is 16.7 Å². The van der Waals surface area contributed by atoms with Gasteiger partial charge in [0.15, 0.2) is 0 Å². The largest absolute Gasteiger partial charge is 0.417 e. The van der Waals surface area contributed by atoms with E-state index in [0.717, 1.165) is 12.1 Å². The summed E-state index contributed by atoms with van der Waals surface area (Å²) in [5.41, 5.74) is -2.12. The van der Waals surface area contributed by atoms with E-state index in [1.165, 1.54) is 0 Å². The Balaban J connectivity index is 3.21. The van der Waals surface area contributed by atoms with Crippen LogP contribution in [0.1, 0.15) is 19.4 Å². The lowest BCUT2D eigenvalue weighted by Gasteiger charge is -2.22. The van der Waals surface area contributed by atoms with Crippen LogP contribution in [0.2, 0.25) is 5.02 Å². The number of alkyl halides is 3. The molecule has 0 bridgehead atoms. The van der Waals surface area contributed by atoms with Crippen molar-refractivity contribution in [3.63, 3.8) is 0 Å². The molecule has 0 saturated carbocycles. The molecule has 4 nitrogen and oxygen atoms in total. The van der Waals surface area contributed by atoms with E-state index in [1.807, 2.05) is 0 Å². The zero-order valence-corrected chi connectivity index (χ0v) is 12.9. The number of benzene rings is 1. The van der Waals surface area contributed by atoms with Crippen molar-refractivity contribution < 1.29 is 26.7 Å². The lowest BCUT2D eigenvalue weighted by atomic mass is 9.96. The molecule has 0 saturated heterocycles. The van der Waals surface area contributed by atoms with Crippen LogP contribution < -0.4 is 4.72 Å². The summed E-state index contributed by atoms with van der Waals surface area (Å²) in [4.78, 5) is -0.895. The minimum absolute atomic E-state index is 0.203. The maximum Gasteiger partial charge on any atom is 0.417 e. The molecule has 0 aromatic heterocycles. The first-order valence-electron chi connectivity index (χ1n) is 5.86. The smallest absolute Gasteiger partial charge is 0.396 e. The van der Waals surface area contributed by atoms with E-state index in [9.17, 15) is 21.6 Å². The summed E-state index contributed by atoms with van der Waals surface area (Å²) in [6.07, 6.45) is -4.85. The molecule has 120 valence electrons. The lowest BCUT2D eigenvalue weighted by molar-refractivity contribution is -0.139. The monoisotopic (exact) mass is 345 g/mol. The summed E-state index contributed by atoms with van der Waals surface area (Å²) in [5.74, 6) is 0. The Morgan fingerprint density at radius 3 is 2.33 bits per heavy atom. The number of rotatable bonds is 5. The summed E-state index contributed by atoms with van der Waals surface area (Å²) < 4.78 is 64.9. The van der Waals surface area contributed by atoms with Crippen LogP contribution in [-0.4, -0.2) is 26.7 Å². The third-order valence-electron chi connectivity index (χ3n) is 2.71. The molecule has 0 fully saturated rings. The van der Waals surface area contributed by atoms with Gasteiger partial charge in [-0.3, -0.25) is 0 Å². The zero-order valence-electron chi connectivity index (χ0n) is 11.3. The van der Waals surface area contributed by atoms with Crippen molar-refractivity contribution in [1.82, 2.24) is 4.72 Å². The molecule has 0 aliphatic carbocycles. The van der Waals surface area contributed by atoms with Crippen LogP contribution in [0.4, 0.5) is 13.2 Å². The number of nitrogens with one attached hydrogen (secondary N) is 1. The summed E-state index contributed by atoms with van der Waals surface area (Å²) in [5, 5.41) is 8.84. The summed E-state index contributed by atoms with van der Waals surface area (Å²) >= 11 is 5.50. The van der Waals surface area contributed by atoms with Crippen molar-refractivity contribution in [3.05, 3.63) is 28.8 Å². The van der Waals surface area contributed by atoms with Gasteiger partial charge in [-0.05, 0) is 18.2 Å². The second-order valence-electron chi connectivity index (χ2n) is 5.29. The number of sulfonamides is 1. The first kappa shape index (κ1) is 18.2. The Morgan fingerprint density at radius 2 is 1.86 bits per heavy atom. The van der Waals surface area contributed by atoms with Crippen molar-refractivity contribution in [3.8, 4) is 0 Å². The van der Waals surface area contributed by atoms with Crippen LogP contribution in [-0.2, 0) is 16.2 Å². The highest BCUT2D eigenvalue weighted by molar-refractivity contribution is 7.89. The van der Waals surface area contributed by atoms with Crippen molar-refractivity contribution in [2.75, 3.05) is 13.2 Å². The van der Waals surface area contributed by atoms with Crippen LogP contribution in [0.25, 0.3) is 0 Å². The van der Waals surface area contributed by atoms with Gasteiger partial charge in [0.1, 0.15) is 0 Å². The standard InChI is InChI=1S/C12H15ClF3NO3S/c1-11(2,7-18)6-17-21(19,20)10-4-3-8(13)5-9(10)12(14,15)16/h3-5,17-18H,6-7H2,1-2H3. The number of halogens is 4. The average molecular weight is 346 g/mol. The van der Waals surface area contributed by atoms with Crippen LogP contribution >= 0.6 is 11.6 Å². The minimum atomic E-state index is -4.85. The van der Waals surface area contributed by atoms with E-state index in [2.05, 4.69) is 4.72 Å². The van der Waals surface area contributed by atoms with Gasteiger partial charge in [-0.15, -0.1) is 0 Å². The third kappa shape index (κ3) is 4.84. The first-order chi connectivity index (χ1) is 9.39. The zero-order chi connectivity index (χ0) is 16.5. The molecule has 21 heavy (non-hydrogen) atoms. The molecule has 9 heteroatoms. The minimum Gasteiger partial charge on any atom is -0.396 e. The van der Waals surface area contributed by atoms with Crippen molar-refractivity contribution in [1.29, 1.82) is 0 Å². The second kappa shape index (κ2) is 6.12. The van der Waals surface area contributed by atoms with Crippen LogP contribution in [0.15, 0.2) is 23.1 Å². The second-order valence-corrected chi connectivity index (χ2v) is 7.46. The van der Waals surface area contributed by atoms with Gasteiger partial charge in [-0.25, -0.2) is 13.1 Å². The molecule has 0 atom stereocenters. The van der Waals surface area contributed by atoms with Gasteiger partial charge in [-0.2, -0.15) is 13.2 Å². The molecule has 0 unspecified atom stereocenters. The Hall–Kier alpha value is -0.830. The summed E-state index contributed by atoms with van der Waals surface area (Å²) in [7, 11) is -4.37. The maximum atomic E-state index is 12.9. The van der Waals surface area contributed by atoms with Crippen LogP contribution in [0.3, 0.4) is 0 Å². The van der Waals surface area contributed by atoms with Gasteiger partial charge in [0.2, 0.25) is 10.0 Å². The molecule has 1 aromatic rings. The van der Waals surface area contributed by atoms with Crippen LogP contribution in [0, 0.1) is 5.41 Å². The number of hydrogen-bond acceptors (Lipinski definition) is 3. The van der Waals surface area contributed by atoms with E-state index in [1.54, 1.807) is 13.8 Å². The van der Waals surface area contributed by atoms with Gasteiger partial charge in [0.25, 0.3) is 0 Å². The van der Waals surface area contributed by atoms with Gasteiger partial charge in [-0.1, -0.05) is 25.4 Å². The molecule has 1 aromatic carbocycles. The highest BCUT2D eigenvalue weighted by Crippen LogP contribution is 2.35. The predicted octanol–water partition coefficient (Wildman–Crippen LogP) is 2.66. The molecule has 0 aliphatic rings. The molecular weight excluding hydrogens is 331 g/mol. The molecule has 1 rings (SSSR count). The third-order valence-corrected chi connectivity index (χ3v) is 4.40. The Bertz CT molecular complexity index is 615. The quantitative estimate of drug-likeness (QED) is 0.862. The highest BCUT2D eigenvalue weighted by Gasteiger charge is 2.37. The summed E-state index contributed by atoms with van der Waals surface area (Å²) in [6.45, 7) is 2.62. The predicted molar refractivity (Wildman–Crippen MR) is 72.5 cm³/mol. The molecular formula is C12H15ClF3NO3S. The van der Waals surface area contributed by atoms with Crippen molar-refractivity contribution in [2.24, 2.45) is 5.41 Å². The maximum absolute atomic E-state index is 12.9. The molecule has 2 N–H and O–H groups in total. The van der Waals surface area contributed by atoms with E-state index < -0.39 is 32.1 Å². The van der Waals surface area contributed by atoms with E-state index >= 15 is 0 Å². The fraction of sp³-hybridized carbons (Fsp3) is 0.500. The van der Waals surface area contributed by atoms with Crippen molar-refractivity contribution >= 4 is 21.6 Å². The Labute approximate surface area is 126 Å². The number of aliphatic hydroxyl groups excluding tert-OH is 1. The van der Waals surface area contributed by atoms with E-state index in [0.29, 0.717) is 6.07 Å². The number of hydrogen-bond donors (Lipinski definition) is 2. The average Bonchev–Trinajstić information content (AvgIpc) is 2.35. The Kier molecular flexibility index (Phi) is 5.31. The SMILES string of the molecule is CC(C)(CO)CNS(=O)(=O)c1ccc(Cl)cc1C(F)(F)F. The normalized spacial score (nSPS) is 13.5.